The highest BCUT2D eigenvalue weighted by Crippen LogP contribution is 2.34. The Morgan fingerprint density at radius 3 is 2.61 bits per heavy atom. The Labute approximate surface area is 165 Å². The molecule has 0 spiro atoms. The van der Waals surface area contributed by atoms with Crippen molar-refractivity contribution in [1.82, 2.24) is 0 Å². The molecule has 7 heteroatoms. The van der Waals surface area contributed by atoms with E-state index in [2.05, 4.69) is 5.32 Å². The molecule has 3 aromatic rings. The lowest BCUT2D eigenvalue weighted by Gasteiger charge is -2.14. The predicted molar refractivity (Wildman–Crippen MR) is 104 cm³/mol. The van der Waals surface area contributed by atoms with Gasteiger partial charge in [0.15, 0.2) is 11.5 Å². The number of benzene rings is 3. The molecule has 0 radical (unpaired) electrons. The molecule has 5 nitrogen and oxygen atoms in total. The summed E-state index contributed by atoms with van der Waals surface area (Å²) in [5, 5.41) is 12.0. The van der Waals surface area contributed by atoms with Crippen LogP contribution in [0.2, 0.25) is 5.02 Å². The summed E-state index contributed by atoms with van der Waals surface area (Å²) in [4.78, 5) is 12.8. The van der Waals surface area contributed by atoms with E-state index in [1.807, 2.05) is 6.07 Å². The van der Waals surface area contributed by atoms with Crippen LogP contribution in [-0.4, -0.2) is 13.0 Å². The number of nitrogens with one attached hydrogen (secondary N) is 1. The van der Waals surface area contributed by atoms with Gasteiger partial charge in [-0.15, -0.1) is 0 Å². The third kappa shape index (κ3) is 4.40. The number of hydrogen-bond donors (Lipinski definition) is 1. The minimum absolute atomic E-state index is 0.168. The Morgan fingerprint density at radius 2 is 1.86 bits per heavy atom. The standard InChI is InChI=1S/C21H14ClFN2O3/c1-27-20-11-15(23)6-8-19(20)28-18-7-5-14(22)10-17(18)21(26)25-16-4-2-3-13(9-16)12-24/h2-11H,1H3,(H,25,26). The Balaban J connectivity index is 1.92. The van der Waals surface area contributed by atoms with E-state index in [4.69, 9.17) is 26.3 Å². The van der Waals surface area contributed by atoms with Crippen LogP contribution in [0.1, 0.15) is 15.9 Å². The Morgan fingerprint density at radius 1 is 1.07 bits per heavy atom. The molecule has 0 saturated carbocycles. The van der Waals surface area contributed by atoms with Crippen molar-refractivity contribution in [1.29, 1.82) is 5.26 Å². The van der Waals surface area contributed by atoms with E-state index in [0.717, 1.165) is 0 Å². The number of ether oxygens (including phenoxy) is 2. The second-order valence-corrected chi connectivity index (χ2v) is 6.12. The third-order valence-corrected chi connectivity index (χ3v) is 4.02. The zero-order valence-electron chi connectivity index (χ0n) is 14.7. The molecule has 3 aromatic carbocycles. The van der Waals surface area contributed by atoms with Crippen molar-refractivity contribution < 1.29 is 18.7 Å². The summed E-state index contributed by atoms with van der Waals surface area (Å²) < 4.78 is 24.3. The molecule has 140 valence electrons. The first kappa shape index (κ1) is 19.2. The van der Waals surface area contributed by atoms with Crippen LogP contribution in [-0.2, 0) is 0 Å². The first-order valence-electron chi connectivity index (χ1n) is 8.12. The van der Waals surface area contributed by atoms with E-state index >= 15 is 0 Å². The maximum Gasteiger partial charge on any atom is 0.259 e. The van der Waals surface area contributed by atoms with Crippen LogP contribution in [0.4, 0.5) is 10.1 Å². The molecule has 0 bridgehead atoms. The maximum absolute atomic E-state index is 13.4. The number of hydrogen-bond acceptors (Lipinski definition) is 4. The third-order valence-electron chi connectivity index (χ3n) is 3.78. The highest BCUT2D eigenvalue weighted by atomic mass is 35.5. The summed E-state index contributed by atoms with van der Waals surface area (Å²) in [6, 6.07) is 16.9. The molecular weight excluding hydrogens is 383 g/mol. The molecule has 1 amide bonds. The number of halogens is 2. The van der Waals surface area contributed by atoms with Gasteiger partial charge in [-0.2, -0.15) is 5.26 Å². The molecule has 0 unspecified atom stereocenters. The van der Waals surface area contributed by atoms with Crippen molar-refractivity contribution in [2.24, 2.45) is 0 Å². The van der Waals surface area contributed by atoms with Gasteiger partial charge in [0.05, 0.1) is 24.3 Å². The van der Waals surface area contributed by atoms with Crippen molar-refractivity contribution in [3.05, 3.63) is 82.6 Å². The van der Waals surface area contributed by atoms with E-state index in [9.17, 15) is 9.18 Å². The fourth-order valence-electron chi connectivity index (χ4n) is 2.48. The summed E-state index contributed by atoms with van der Waals surface area (Å²) in [5.74, 6) is -0.317. The van der Waals surface area contributed by atoms with Gasteiger partial charge in [-0.1, -0.05) is 17.7 Å². The molecule has 0 atom stereocenters. The van der Waals surface area contributed by atoms with Crippen LogP contribution >= 0.6 is 11.6 Å². The molecule has 3 rings (SSSR count). The number of methoxy groups -OCH3 is 1. The normalized spacial score (nSPS) is 10.1. The molecule has 0 aromatic heterocycles. The maximum atomic E-state index is 13.4. The van der Waals surface area contributed by atoms with Crippen LogP contribution < -0.4 is 14.8 Å². The van der Waals surface area contributed by atoms with Crippen LogP contribution in [0.5, 0.6) is 17.2 Å². The molecule has 1 N–H and O–H groups in total. The fourth-order valence-corrected chi connectivity index (χ4v) is 2.65. The second-order valence-electron chi connectivity index (χ2n) is 5.68. The lowest BCUT2D eigenvalue weighted by atomic mass is 10.1. The van der Waals surface area contributed by atoms with Crippen LogP contribution in [0.15, 0.2) is 60.7 Å². The number of nitriles is 1. The van der Waals surface area contributed by atoms with Crippen molar-refractivity contribution in [3.8, 4) is 23.3 Å². The molecule has 0 aliphatic rings. The van der Waals surface area contributed by atoms with Crippen molar-refractivity contribution in [2.45, 2.75) is 0 Å². The average Bonchev–Trinajstić information content (AvgIpc) is 2.70. The summed E-state index contributed by atoms with van der Waals surface area (Å²) >= 11 is 6.04. The summed E-state index contributed by atoms with van der Waals surface area (Å²) in [7, 11) is 1.39. The number of carbonyl (C=O) groups is 1. The minimum atomic E-state index is -0.478. The number of anilines is 1. The highest BCUT2D eigenvalue weighted by Gasteiger charge is 2.17. The van der Waals surface area contributed by atoms with E-state index in [-0.39, 0.29) is 22.8 Å². The van der Waals surface area contributed by atoms with Crippen molar-refractivity contribution in [2.75, 3.05) is 12.4 Å². The SMILES string of the molecule is COc1cc(F)ccc1Oc1ccc(Cl)cc1C(=O)Nc1cccc(C#N)c1. The lowest BCUT2D eigenvalue weighted by molar-refractivity contribution is 0.102. The topological polar surface area (TPSA) is 71.3 Å². The van der Waals surface area contributed by atoms with Gasteiger partial charge in [-0.25, -0.2) is 4.39 Å². The van der Waals surface area contributed by atoms with Crippen LogP contribution in [0.25, 0.3) is 0 Å². The molecule has 0 aliphatic carbocycles. The first-order valence-corrected chi connectivity index (χ1v) is 8.50. The Hall–Kier alpha value is -3.56. The number of carbonyl (C=O) groups excluding carboxylic acids is 1. The summed E-state index contributed by atoms with van der Waals surface area (Å²) in [5.41, 5.74) is 1.03. The molecule has 28 heavy (non-hydrogen) atoms. The highest BCUT2D eigenvalue weighted by molar-refractivity contribution is 6.31. The Bertz CT molecular complexity index is 1080. The average molecular weight is 397 g/mol. The minimum Gasteiger partial charge on any atom is -0.493 e. The molecule has 0 aliphatic heterocycles. The largest absolute Gasteiger partial charge is 0.493 e. The van der Waals surface area contributed by atoms with E-state index < -0.39 is 11.7 Å². The van der Waals surface area contributed by atoms with Gasteiger partial charge in [0.2, 0.25) is 0 Å². The molecule has 0 saturated heterocycles. The van der Waals surface area contributed by atoms with Gasteiger partial charge >= 0.3 is 0 Å². The monoisotopic (exact) mass is 396 g/mol. The summed E-state index contributed by atoms with van der Waals surface area (Å²) in [6.45, 7) is 0. The first-order chi connectivity index (χ1) is 13.5. The smallest absolute Gasteiger partial charge is 0.259 e. The van der Waals surface area contributed by atoms with Crippen molar-refractivity contribution >= 4 is 23.2 Å². The van der Waals surface area contributed by atoms with Crippen LogP contribution in [0, 0.1) is 17.1 Å². The number of amides is 1. The number of rotatable bonds is 5. The van der Waals surface area contributed by atoms with E-state index in [1.54, 1.807) is 30.3 Å². The zero-order chi connectivity index (χ0) is 20.1. The van der Waals surface area contributed by atoms with Gasteiger partial charge in [0, 0.05) is 16.8 Å². The molecule has 0 fully saturated rings. The summed E-state index contributed by atoms with van der Waals surface area (Å²) in [6.07, 6.45) is 0. The second kappa shape index (κ2) is 8.42. The van der Waals surface area contributed by atoms with Gasteiger partial charge in [0.1, 0.15) is 11.6 Å². The van der Waals surface area contributed by atoms with Gasteiger partial charge in [0.25, 0.3) is 5.91 Å². The van der Waals surface area contributed by atoms with Crippen molar-refractivity contribution in [3.63, 3.8) is 0 Å². The molecule has 0 heterocycles. The lowest BCUT2D eigenvalue weighted by Crippen LogP contribution is -2.13. The Kier molecular flexibility index (Phi) is 5.78. The van der Waals surface area contributed by atoms with Gasteiger partial charge in [-0.3, -0.25) is 4.79 Å². The van der Waals surface area contributed by atoms with Gasteiger partial charge < -0.3 is 14.8 Å². The van der Waals surface area contributed by atoms with Crippen LogP contribution in [0.3, 0.4) is 0 Å². The number of nitrogens with zero attached hydrogens (tertiary/aromatic N) is 1. The predicted octanol–water partition coefficient (Wildman–Crippen LogP) is 5.40. The molecular formula is C21H14ClFN2O3. The zero-order valence-corrected chi connectivity index (χ0v) is 15.5. The quantitative estimate of drug-likeness (QED) is 0.626. The van der Waals surface area contributed by atoms with E-state index in [0.29, 0.717) is 16.3 Å². The fraction of sp³-hybridized carbons (Fsp3) is 0.0476. The van der Waals surface area contributed by atoms with E-state index in [1.165, 1.54) is 37.4 Å². The van der Waals surface area contributed by atoms with Gasteiger partial charge in [-0.05, 0) is 48.5 Å².